The summed E-state index contributed by atoms with van der Waals surface area (Å²) in [7, 11) is 5.86. The van der Waals surface area contributed by atoms with Gasteiger partial charge < -0.3 is 25.8 Å². The van der Waals surface area contributed by atoms with E-state index in [1.54, 1.807) is 17.8 Å². The summed E-state index contributed by atoms with van der Waals surface area (Å²) in [5.41, 5.74) is 0.358. The maximum absolute atomic E-state index is 13.5. The quantitative estimate of drug-likeness (QED) is 0.416. The molecule has 1 amide bonds. The smallest absolute Gasteiger partial charge is 0.369 e. The fourth-order valence-electron chi connectivity index (χ4n) is 3.48. The molecule has 3 rings (SSSR count). The molecule has 2 aromatic rings. The van der Waals surface area contributed by atoms with E-state index in [0.29, 0.717) is 30.9 Å². The van der Waals surface area contributed by atoms with Crippen LogP contribution in [0.1, 0.15) is 17.7 Å². The first-order chi connectivity index (χ1) is 16.0. The first kappa shape index (κ1) is 25.7. The Hall–Kier alpha value is -2.93. The molecule has 0 atom stereocenters. The molecule has 0 radical (unpaired) electrons. The van der Waals surface area contributed by atoms with Crippen LogP contribution in [-0.4, -0.2) is 89.3 Å². The molecule has 0 bridgehead atoms. The van der Waals surface area contributed by atoms with Crippen LogP contribution in [0.4, 0.5) is 30.6 Å². The SMILES string of the molecule is Cc1nn(CCN(C)C)cc1Nc1ncc(C(F)(F)F)c(NCCCNC(=O)C2CN(C)C2)n1. The number of rotatable bonds is 11. The zero-order valence-electron chi connectivity index (χ0n) is 19.9. The van der Waals surface area contributed by atoms with E-state index >= 15 is 0 Å². The van der Waals surface area contributed by atoms with Gasteiger partial charge in [-0.05, 0) is 34.5 Å². The topological polar surface area (TPSA) is 103 Å². The molecule has 0 saturated carbocycles. The van der Waals surface area contributed by atoms with Crippen molar-refractivity contribution in [2.45, 2.75) is 26.1 Å². The number of hydrogen-bond donors (Lipinski definition) is 3. The third-order valence-electron chi connectivity index (χ3n) is 5.44. The van der Waals surface area contributed by atoms with E-state index in [4.69, 9.17) is 0 Å². The van der Waals surface area contributed by atoms with Crippen molar-refractivity contribution in [3.8, 4) is 0 Å². The number of likely N-dealkylation sites (N-methyl/N-ethyl adjacent to an activating group) is 1. The molecule has 0 aromatic carbocycles. The van der Waals surface area contributed by atoms with E-state index in [1.807, 2.05) is 30.9 Å². The lowest BCUT2D eigenvalue weighted by atomic mass is 10.0. The molecule has 0 spiro atoms. The highest BCUT2D eigenvalue weighted by Crippen LogP contribution is 2.34. The molecule has 3 N–H and O–H groups in total. The molecule has 188 valence electrons. The number of halogens is 3. The number of anilines is 3. The predicted octanol–water partition coefficient (Wildman–Crippen LogP) is 1.79. The maximum atomic E-state index is 13.5. The monoisotopic (exact) mass is 483 g/mol. The zero-order chi connectivity index (χ0) is 24.9. The number of amides is 1. The van der Waals surface area contributed by atoms with Crippen molar-refractivity contribution in [3.05, 3.63) is 23.7 Å². The van der Waals surface area contributed by atoms with Crippen LogP contribution in [0.3, 0.4) is 0 Å². The molecule has 1 saturated heterocycles. The Labute approximate surface area is 196 Å². The first-order valence-corrected chi connectivity index (χ1v) is 11.1. The summed E-state index contributed by atoms with van der Waals surface area (Å²) in [5.74, 6) is -0.312. The molecule has 34 heavy (non-hydrogen) atoms. The first-order valence-electron chi connectivity index (χ1n) is 11.1. The standard InChI is InChI=1S/C21H32F3N9O/c1-14-17(13-33(30-14)9-8-31(2)3)28-20-27-10-16(21(22,23)24)18(29-20)25-6-5-7-26-19(34)15-11-32(4)12-15/h10,13,15H,5-9,11-12H2,1-4H3,(H,26,34)(H2,25,27,28,29). The van der Waals surface area contributed by atoms with Gasteiger partial charge in [-0.25, -0.2) is 4.98 Å². The summed E-state index contributed by atoms with van der Waals surface area (Å²) < 4.78 is 42.1. The molecule has 0 unspecified atom stereocenters. The van der Waals surface area contributed by atoms with Crippen LogP contribution in [0.5, 0.6) is 0 Å². The van der Waals surface area contributed by atoms with Crippen LogP contribution in [-0.2, 0) is 17.5 Å². The van der Waals surface area contributed by atoms with Gasteiger partial charge in [0.05, 0.1) is 23.8 Å². The number of nitrogens with zero attached hydrogens (tertiary/aromatic N) is 6. The van der Waals surface area contributed by atoms with E-state index in [1.165, 1.54) is 0 Å². The predicted molar refractivity (Wildman–Crippen MR) is 123 cm³/mol. The number of hydrogen-bond acceptors (Lipinski definition) is 8. The lowest BCUT2D eigenvalue weighted by Crippen LogP contribution is -2.51. The molecule has 13 heteroatoms. The summed E-state index contributed by atoms with van der Waals surface area (Å²) in [4.78, 5) is 23.9. The van der Waals surface area contributed by atoms with Gasteiger partial charge >= 0.3 is 6.18 Å². The molecule has 10 nitrogen and oxygen atoms in total. The van der Waals surface area contributed by atoms with E-state index in [-0.39, 0.29) is 30.1 Å². The van der Waals surface area contributed by atoms with Crippen molar-refractivity contribution in [2.75, 3.05) is 64.5 Å². The Morgan fingerprint density at radius 2 is 2.00 bits per heavy atom. The Morgan fingerprint density at radius 3 is 2.65 bits per heavy atom. The number of carbonyl (C=O) groups excluding carboxylic acids is 1. The lowest BCUT2D eigenvalue weighted by molar-refractivity contribution is -0.137. The number of aromatic nitrogens is 4. The molecule has 3 heterocycles. The fourth-order valence-corrected chi connectivity index (χ4v) is 3.48. The highest BCUT2D eigenvalue weighted by molar-refractivity contribution is 5.79. The second-order valence-electron chi connectivity index (χ2n) is 8.76. The molecule has 1 fully saturated rings. The second-order valence-corrected chi connectivity index (χ2v) is 8.76. The summed E-state index contributed by atoms with van der Waals surface area (Å²) >= 11 is 0. The van der Waals surface area contributed by atoms with E-state index < -0.39 is 11.7 Å². The van der Waals surface area contributed by atoms with E-state index in [2.05, 4.69) is 31.0 Å². The van der Waals surface area contributed by atoms with Gasteiger partial charge in [0.25, 0.3) is 0 Å². The minimum Gasteiger partial charge on any atom is -0.369 e. The summed E-state index contributed by atoms with van der Waals surface area (Å²) in [6.07, 6.45) is -1.61. The van der Waals surface area contributed by atoms with Crippen molar-refractivity contribution in [2.24, 2.45) is 5.92 Å². The number of carbonyl (C=O) groups is 1. The van der Waals surface area contributed by atoms with Gasteiger partial charge in [0, 0.05) is 45.1 Å². The summed E-state index contributed by atoms with van der Waals surface area (Å²) in [5, 5.41) is 12.9. The Bertz CT molecular complexity index is 971. The largest absolute Gasteiger partial charge is 0.421 e. The number of aryl methyl sites for hydroxylation is 1. The number of alkyl halides is 3. The normalized spacial score (nSPS) is 14.8. The summed E-state index contributed by atoms with van der Waals surface area (Å²) in [6, 6.07) is 0. The van der Waals surface area contributed by atoms with Crippen molar-refractivity contribution in [1.29, 1.82) is 0 Å². The van der Waals surface area contributed by atoms with Crippen LogP contribution < -0.4 is 16.0 Å². The van der Waals surface area contributed by atoms with Gasteiger partial charge in [-0.2, -0.15) is 23.3 Å². The number of likely N-dealkylation sites (tertiary alicyclic amines) is 1. The van der Waals surface area contributed by atoms with Crippen LogP contribution in [0.2, 0.25) is 0 Å². The van der Waals surface area contributed by atoms with Crippen molar-refractivity contribution < 1.29 is 18.0 Å². The zero-order valence-corrected chi connectivity index (χ0v) is 19.9. The highest BCUT2D eigenvalue weighted by atomic mass is 19.4. The minimum absolute atomic E-state index is 0.0130. The van der Waals surface area contributed by atoms with Gasteiger partial charge in [-0.15, -0.1) is 0 Å². The Kier molecular flexibility index (Phi) is 8.31. The average molecular weight is 484 g/mol. The molecular weight excluding hydrogens is 451 g/mol. The van der Waals surface area contributed by atoms with Crippen molar-refractivity contribution in [3.63, 3.8) is 0 Å². The lowest BCUT2D eigenvalue weighted by Gasteiger charge is -2.34. The molecule has 1 aliphatic rings. The van der Waals surface area contributed by atoms with Crippen LogP contribution in [0, 0.1) is 12.8 Å². The Balaban J connectivity index is 1.59. The number of nitrogens with one attached hydrogen (secondary N) is 3. The highest BCUT2D eigenvalue weighted by Gasteiger charge is 2.35. The third-order valence-corrected chi connectivity index (χ3v) is 5.44. The van der Waals surface area contributed by atoms with Crippen molar-refractivity contribution in [1.82, 2.24) is 34.9 Å². The minimum atomic E-state index is -4.60. The van der Waals surface area contributed by atoms with Crippen molar-refractivity contribution >= 4 is 23.4 Å². The van der Waals surface area contributed by atoms with Crippen LogP contribution >= 0.6 is 0 Å². The fraction of sp³-hybridized carbons (Fsp3) is 0.619. The van der Waals surface area contributed by atoms with Crippen LogP contribution in [0.15, 0.2) is 12.4 Å². The van der Waals surface area contributed by atoms with Gasteiger partial charge in [-0.1, -0.05) is 0 Å². The Morgan fingerprint density at radius 1 is 1.26 bits per heavy atom. The van der Waals surface area contributed by atoms with Crippen LogP contribution in [0.25, 0.3) is 0 Å². The van der Waals surface area contributed by atoms with Gasteiger partial charge in [0.2, 0.25) is 11.9 Å². The molecule has 1 aliphatic heterocycles. The molecule has 2 aromatic heterocycles. The van der Waals surface area contributed by atoms with Gasteiger partial charge in [0.1, 0.15) is 11.4 Å². The van der Waals surface area contributed by atoms with E-state index in [9.17, 15) is 18.0 Å². The third kappa shape index (κ3) is 7.03. The maximum Gasteiger partial charge on any atom is 0.421 e. The van der Waals surface area contributed by atoms with Gasteiger partial charge in [0.15, 0.2) is 0 Å². The second kappa shape index (κ2) is 11.0. The van der Waals surface area contributed by atoms with Gasteiger partial charge in [-0.3, -0.25) is 9.48 Å². The average Bonchev–Trinajstić information content (AvgIpc) is 3.08. The summed E-state index contributed by atoms with van der Waals surface area (Å²) in [6.45, 7) is 5.30. The molecule has 0 aliphatic carbocycles. The van der Waals surface area contributed by atoms with E-state index in [0.717, 1.165) is 25.8 Å². The molecular formula is C21H32F3N9O.